The van der Waals surface area contributed by atoms with E-state index >= 15 is 0 Å². The van der Waals surface area contributed by atoms with Gasteiger partial charge in [-0.3, -0.25) is 0 Å². The second kappa shape index (κ2) is 8.75. The summed E-state index contributed by atoms with van der Waals surface area (Å²) < 4.78 is 17.0. The summed E-state index contributed by atoms with van der Waals surface area (Å²) in [6.45, 7) is 5.29. The topological polar surface area (TPSA) is 81.8 Å². The maximum Gasteiger partial charge on any atom is 0.347 e. The monoisotopic (exact) mass is 405 g/mol. The Hall–Kier alpha value is -3.72. The van der Waals surface area contributed by atoms with Crippen molar-refractivity contribution in [1.82, 2.24) is 4.98 Å². The van der Waals surface area contributed by atoms with Crippen LogP contribution in [0.25, 0.3) is 11.5 Å². The lowest BCUT2D eigenvalue weighted by atomic mass is 10.1. The van der Waals surface area contributed by atoms with Crippen LogP contribution in [0.15, 0.2) is 52.9 Å². The molecule has 0 atom stereocenters. The zero-order valence-corrected chi connectivity index (χ0v) is 17.1. The van der Waals surface area contributed by atoms with Crippen molar-refractivity contribution in [3.8, 4) is 35.3 Å². The van der Waals surface area contributed by atoms with Gasteiger partial charge in [0.2, 0.25) is 5.89 Å². The summed E-state index contributed by atoms with van der Waals surface area (Å²) in [5.41, 5.74) is 1.20. The zero-order chi connectivity index (χ0) is 21.7. The fourth-order valence-electron chi connectivity index (χ4n) is 2.70. The van der Waals surface area contributed by atoms with Crippen molar-refractivity contribution in [2.75, 3.05) is 6.61 Å². The fourth-order valence-corrected chi connectivity index (χ4v) is 2.70. The highest BCUT2D eigenvalue weighted by atomic mass is 16.5. The Labute approximate surface area is 175 Å². The number of oxazole rings is 1. The van der Waals surface area contributed by atoms with Gasteiger partial charge in [-0.05, 0) is 69.3 Å². The molecule has 0 saturated heterocycles. The van der Waals surface area contributed by atoms with Crippen molar-refractivity contribution in [2.24, 2.45) is 0 Å². The van der Waals surface area contributed by atoms with E-state index in [-0.39, 0.29) is 0 Å². The normalized spacial score (nSPS) is 11.0. The Balaban J connectivity index is 1.57. The van der Waals surface area contributed by atoms with E-state index in [1.807, 2.05) is 31.2 Å². The Bertz CT molecular complexity index is 1060. The van der Waals surface area contributed by atoms with Gasteiger partial charge < -0.3 is 19.0 Å². The second-order valence-electron chi connectivity index (χ2n) is 7.23. The van der Waals surface area contributed by atoms with Gasteiger partial charge in [-0.2, -0.15) is 0 Å². The van der Waals surface area contributed by atoms with Crippen LogP contribution in [0.4, 0.5) is 0 Å². The first kappa shape index (κ1) is 21.0. The third-order valence-corrected chi connectivity index (χ3v) is 4.51. The van der Waals surface area contributed by atoms with Crippen LogP contribution in [0.2, 0.25) is 0 Å². The molecule has 0 unspecified atom stereocenters. The highest BCUT2D eigenvalue weighted by molar-refractivity contribution is 5.76. The number of aromatic nitrogens is 1. The zero-order valence-electron chi connectivity index (χ0n) is 17.1. The molecule has 0 spiro atoms. The number of hydrogen-bond acceptors (Lipinski definition) is 5. The number of carbonyl (C=O) groups is 1. The molecule has 6 nitrogen and oxygen atoms in total. The molecule has 0 aliphatic carbocycles. The van der Waals surface area contributed by atoms with Gasteiger partial charge in [0.1, 0.15) is 17.3 Å². The van der Waals surface area contributed by atoms with E-state index < -0.39 is 11.6 Å². The van der Waals surface area contributed by atoms with E-state index in [2.05, 4.69) is 10.9 Å². The van der Waals surface area contributed by atoms with Crippen molar-refractivity contribution >= 4 is 5.97 Å². The van der Waals surface area contributed by atoms with Crippen LogP contribution in [0.5, 0.6) is 11.5 Å². The molecule has 2 aromatic carbocycles. The summed E-state index contributed by atoms with van der Waals surface area (Å²) in [7, 11) is 0. The summed E-state index contributed by atoms with van der Waals surface area (Å²) in [6.07, 6.45) is 5.97. The Morgan fingerprint density at radius 2 is 1.77 bits per heavy atom. The molecule has 1 heterocycles. The highest BCUT2D eigenvalue weighted by Gasteiger charge is 2.29. The Morgan fingerprint density at radius 3 is 2.37 bits per heavy atom. The summed E-state index contributed by atoms with van der Waals surface area (Å²) in [4.78, 5) is 15.7. The molecule has 30 heavy (non-hydrogen) atoms. The van der Waals surface area contributed by atoms with E-state index in [0.29, 0.717) is 30.4 Å². The first-order valence-corrected chi connectivity index (χ1v) is 9.47. The van der Waals surface area contributed by atoms with Gasteiger partial charge in [0, 0.05) is 17.5 Å². The molecule has 3 rings (SSSR count). The van der Waals surface area contributed by atoms with Crippen molar-refractivity contribution in [1.29, 1.82) is 0 Å². The number of hydrogen-bond donors (Lipinski definition) is 1. The smallest absolute Gasteiger partial charge is 0.347 e. The molecule has 0 bridgehead atoms. The molecule has 0 fully saturated rings. The predicted molar refractivity (Wildman–Crippen MR) is 113 cm³/mol. The molecule has 0 aliphatic heterocycles. The second-order valence-corrected chi connectivity index (χ2v) is 7.23. The van der Waals surface area contributed by atoms with Gasteiger partial charge in [-0.15, -0.1) is 6.42 Å². The van der Waals surface area contributed by atoms with Gasteiger partial charge in [0.25, 0.3) is 0 Å². The lowest BCUT2D eigenvalue weighted by Crippen LogP contribution is -2.37. The standard InChI is InChI=1S/C24H23NO5/c1-5-17-6-8-18(9-7-17)22-25-21(16(2)29-22)14-15-28-19-10-12-20(13-11-19)30-24(3,4)23(26)27/h1,6-13H,14-15H2,2-4H3,(H,26,27). The minimum Gasteiger partial charge on any atom is -0.493 e. The van der Waals surface area contributed by atoms with Crippen LogP contribution >= 0.6 is 0 Å². The third kappa shape index (κ3) is 5.00. The lowest BCUT2D eigenvalue weighted by molar-refractivity contribution is -0.152. The van der Waals surface area contributed by atoms with E-state index in [9.17, 15) is 4.79 Å². The van der Waals surface area contributed by atoms with Crippen molar-refractivity contribution in [2.45, 2.75) is 32.8 Å². The number of carboxylic acid groups (broad SMARTS) is 1. The van der Waals surface area contributed by atoms with Crippen LogP contribution in [-0.4, -0.2) is 28.3 Å². The number of aliphatic carboxylic acids is 1. The van der Waals surface area contributed by atoms with Crippen LogP contribution in [0.3, 0.4) is 0 Å². The first-order valence-electron chi connectivity index (χ1n) is 9.47. The quantitative estimate of drug-likeness (QED) is 0.556. The molecule has 0 saturated carbocycles. The molecule has 0 aliphatic rings. The van der Waals surface area contributed by atoms with Crippen molar-refractivity contribution in [3.05, 3.63) is 65.5 Å². The number of aryl methyl sites for hydroxylation is 1. The van der Waals surface area contributed by atoms with Gasteiger partial charge in [-0.1, -0.05) is 5.92 Å². The molecule has 0 radical (unpaired) electrons. The molecule has 1 N–H and O–H groups in total. The number of terminal acetylenes is 1. The summed E-state index contributed by atoms with van der Waals surface area (Å²) >= 11 is 0. The minimum atomic E-state index is -1.30. The number of carboxylic acids is 1. The van der Waals surface area contributed by atoms with E-state index in [4.69, 9.17) is 25.4 Å². The maximum absolute atomic E-state index is 11.1. The van der Waals surface area contributed by atoms with E-state index in [1.165, 1.54) is 13.8 Å². The van der Waals surface area contributed by atoms with Crippen LogP contribution < -0.4 is 9.47 Å². The minimum absolute atomic E-state index is 0.420. The third-order valence-electron chi connectivity index (χ3n) is 4.51. The average Bonchev–Trinajstić information content (AvgIpc) is 3.09. The van der Waals surface area contributed by atoms with Crippen LogP contribution in [-0.2, 0) is 11.2 Å². The van der Waals surface area contributed by atoms with Gasteiger partial charge in [-0.25, -0.2) is 9.78 Å². The molecule has 6 heteroatoms. The fraction of sp³-hybridized carbons (Fsp3) is 0.250. The first-order chi connectivity index (χ1) is 14.3. The predicted octanol–water partition coefficient (Wildman–Crippen LogP) is 4.49. The van der Waals surface area contributed by atoms with E-state index in [0.717, 1.165) is 22.6 Å². The Kier molecular flexibility index (Phi) is 6.12. The van der Waals surface area contributed by atoms with Crippen molar-refractivity contribution < 1.29 is 23.8 Å². The Morgan fingerprint density at radius 1 is 1.13 bits per heavy atom. The summed E-state index contributed by atoms with van der Waals surface area (Å²) in [5, 5.41) is 9.13. The number of rotatable bonds is 8. The molecule has 154 valence electrons. The maximum atomic E-state index is 11.1. The largest absolute Gasteiger partial charge is 0.493 e. The van der Waals surface area contributed by atoms with E-state index in [1.54, 1.807) is 24.3 Å². The SMILES string of the molecule is C#Cc1ccc(-c2nc(CCOc3ccc(OC(C)(C)C(=O)O)cc3)c(C)o2)cc1. The van der Waals surface area contributed by atoms with Crippen molar-refractivity contribution in [3.63, 3.8) is 0 Å². The molecule has 0 amide bonds. The van der Waals surface area contributed by atoms with Gasteiger partial charge in [0.15, 0.2) is 5.60 Å². The molecule has 1 aromatic heterocycles. The van der Waals surface area contributed by atoms with Gasteiger partial charge >= 0.3 is 5.97 Å². The number of benzene rings is 2. The number of nitrogens with zero attached hydrogens (tertiary/aromatic N) is 1. The summed E-state index contributed by atoms with van der Waals surface area (Å²) in [5.74, 6) is 3.96. The molecular formula is C24H23NO5. The lowest BCUT2D eigenvalue weighted by Gasteiger charge is -2.21. The molecule has 3 aromatic rings. The highest BCUT2D eigenvalue weighted by Crippen LogP contribution is 2.24. The number of ether oxygens (including phenoxy) is 2. The van der Waals surface area contributed by atoms with Gasteiger partial charge in [0.05, 0.1) is 12.3 Å². The molecular weight excluding hydrogens is 382 g/mol. The average molecular weight is 405 g/mol. The van der Waals surface area contributed by atoms with Crippen LogP contribution in [0.1, 0.15) is 30.9 Å². The van der Waals surface area contributed by atoms with Crippen LogP contribution in [0, 0.1) is 19.3 Å². The summed E-state index contributed by atoms with van der Waals surface area (Å²) in [6, 6.07) is 14.3.